The Morgan fingerprint density at radius 3 is 2.51 bits per heavy atom. The Balaban J connectivity index is 1.70. The van der Waals surface area contributed by atoms with Crippen molar-refractivity contribution in [3.63, 3.8) is 0 Å². The maximum atomic E-state index is 12.4. The first kappa shape index (κ1) is 26.3. The number of phenols is 1. The summed E-state index contributed by atoms with van der Waals surface area (Å²) < 4.78 is 31.3. The fraction of sp³-hybridized carbons (Fsp3) is 0.167. The number of benzene rings is 3. The van der Waals surface area contributed by atoms with Crippen molar-refractivity contribution in [2.45, 2.75) is 13.5 Å². The largest absolute Gasteiger partial charge is 0.504 e. The summed E-state index contributed by atoms with van der Waals surface area (Å²) in [6.07, 6.45) is 2.50. The molecule has 8 nitrogen and oxygen atoms in total. The second-order valence-electron chi connectivity index (χ2n) is 7.40. The van der Waals surface area contributed by atoms with E-state index in [1.54, 1.807) is 61.5 Å². The number of sulfonamides is 1. The van der Waals surface area contributed by atoms with Gasteiger partial charge in [0.2, 0.25) is 10.0 Å². The summed E-state index contributed by atoms with van der Waals surface area (Å²) in [5.41, 5.74) is 4.29. The van der Waals surface area contributed by atoms with Crippen LogP contribution in [-0.2, 0) is 16.6 Å². The highest BCUT2D eigenvalue weighted by Crippen LogP contribution is 2.34. The van der Waals surface area contributed by atoms with Crippen molar-refractivity contribution in [2.24, 2.45) is 5.10 Å². The number of rotatable bonds is 9. The number of hydrogen-bond acceptors (Lipinski definition) is 6. The van der Waals surface area contributed by atoms with Gasteiger partial charge < -0.3 is 9.84 Å². The molecule has 0 saturated carbocycles. The molecule has 0 saturated heterocycles. The summed E-state index contributed by atoms with van der Waals surface area (Å²) in [5, 5.41) is 14.1. The number of phenolic OH excluding ortho intramolecular Hbond substituents is 1. The molecule has 0 bridgehead atoms. The number of ether oxygens (including phenoxy) is 1. The van der Waals surface area contributed by atoms with E-state index in [0.717, 1.165) is 10.6 Å². The molecule has 0 aliphatic carbocycles. The quantitative estimate of drug-likeness (QED) is 0.301. The zero-order chi connectivity index (χ0) is 25.6. The number of carbonyl (C=O) groups is 1. The van der Waals surface area contributed by atoms with Crippen LogP contribution in [0.5, 0.6) is 11.5 Å². The molecular weight excluding hydrogens is 513 g/mol. The van der Waals surface area contributed by atoms with Crippen molar-refractivity contribution in [2.75, 3.05) is 17.2 Å². The lowest BCUT2D eigenvalue weighted by Gasteiger charge is -2.24. The van der Waals surface area contributed by atoms with Gasteiger partial charge in [0.15, 0.2) is 11.5 Å². The highest BCUT2D eigenvalue weighted by molar-refractivity contribution is 7.92. The summed E-state index contributed by atoms with van der Waals surface area (Å²) in [4.78, 5) is 12.4. The molecule has 184 valence electrons. The topological polar surface area (TPSA) is 108 Å². The summed E-state index contributed by atoms with van der Waals surface area (Å²) in [5.74, 6) is -0.116. The van der Waals surface area contributed by atoms with Gasteiger partial charge in [-0.05, 0) is 60.5 Å². The van der Waals surface area contributed by atoms with Crippen LogP contribution in [0.15, 0.2) is 65.8 Å². The van der Waals surface area contributed by atoms with Crippen LogP contribution in [-0.4, -0.2) is 38.5 Å². The van der Waals surface area contributed by atoms with Gasteiger partial charge in [-0.3, -0.25) is 9.10 Å². The molecular formula is C24H23Cl2N3O5S. The van der Waals surface area contributed by atoms with Crippen molar-refractivity contribution in [3.05, 3.63) is 87.4 Å². The zero-order valence-electron chi connectivity index (χ0n) is 18.9. The van der Waals surface area contributed by atoms with Gasteiger partial charge >= 0.3 is 0 Å². The Morgan fingerprint density at radius 1 is 1.14 bits per heavy atom. The molecule has 0 spiro atoms. The van der Waals surface area contributed by atoms with Crippen molar-refractivity contribution in [1.82, 2.24) is 5.43 Å². The van der Waals surface area contributed by atoms with Gasteiger partial charge in [-0.2, -0.15) is 5.10 Å². The minimum absolute atomic E-state index is 0.00195. The molecule has 0 aliphatic rings. The standard InChI is InChI=1S/C24H23Cl2N3O5S/c1-3-34-22-13-17(9-12-21(22)30)14-27-28-24(31)18-10-7-16(8-11-18)15-29(35(2,32)33)20-6-4-5-19(25)23(20)26/h4-14,30H,3,15H2,1-2H3,(H,28,31)/b27-14-. The first-order valence-corrected chi connectivity index (χ1v) is 13.0. The van der Waals surface area contributed by atoms with Gasteiger partial charge in [0.1, 0.15) is 0 Å². The molecule has 35 heavy (non-hydrogen) atoms. The Morgan fingerprint density at radius 2 is 1.86 bits per heavy atom. The van der Waals surface area contributed by atoms with E-state index in [0.29, 0.717) is 29.0 Å². The first-order chi connectivity index (χ1) is 16.6. The summed E-state index contributed by atoms with van der Waals surface area (Å²) in [6, 6.07) is 15.9. The van der Waals surface area contributed by atoms with E-state index in [1.807, 2.05) is 0 Å². The van der Waals surface area contributed by atoms with Crippen LogP contribution < -0.4 is 14.5 Å². The number of anilines is 1. The van der Waals surface area contributed by atoms with Crippen LogP contribution in [0.2, 0.25) is 10.0 Å². The summed E-state index contributed by atoms with van der Waals surface area (Å²) in [7, 11) is -3.66. The van der Waals surface area contributed by atoms with Crippen LogP contribution in [0.1, 0.15) is 28.4 Å². The Bertz CT molecular complexity index is 1350. The first-order valence-electron chi connectivity index (χ1n) is 10.4. The maximum Gasteiger partial charge on any atom is 0.271 e. The number of nitrogens with zero attached hydrogens (tertiary/aromatic N) is 2. The van der Waals surface area contributed by atoms with E-state index in [2.05, 4.69) is 10.5 Å². The van der Waals surface area contributed by atoms with Gasteiger partial charge in [0.25, 0.3) is 5.91 Å². The fourth-order valence-corrected chi connectivity index (χ4v) is 4.45. The number of nitrogens with one attached hydrogen (secondary N) is 1. The normalized spacial score (nSPS) is 11.4. The van der Waals surface area contributed by atoms with Crippen molar-refractivity contribution in [3.8, 4) is 11.5 Å². The number of hydrogen-bond donors (Lipinski definition) is 2. The van der Waals surface area contributed by atoms with E-state index in [1.165, 1.54) is 12.3 Å². The van der Waals surface area contributed by atoms with E-state index < -0.39 is 15.9 Å². The molecule has 3 aromatic carbocycles. The Hall–Kier alpha value is -3.27. The van der Waals surface area contributed by atoms with Gasteiger partial charge in [-0.25, -0.2) is 13.8 Å². The molecule has 0 radical (unpaired) electrons. The SMILES string of the molecule is CCOc1cc(/C=N\NC(=O)c2ccc(CN(c3cccc(Cl)c3Cl)S(C)(=O)=O)cc2)ccc1O. The van der Waals surface area contributed by atoms with Crippen LogP contribution >= 0.6 is 23.2 Å². The number of carbonyl (C=O) groups excluding carboxylic acids is 1. The van der Waals surface area contributed by atoms with E-state index in [4.69, 9.17) is 27.9 Å². The fourth-order valence-electron chi connectivity index (χ4n) is 3.11. The van der Waals surface area contributed by atoms with Crippen LogP contribution in [0, 0.1) is 0 Å². The van der Waals surface area contributed by atoms with E-state index in [-0.39, 0.29) is 28.0 Å². The summed E-state index contributed by atoms with van der Waals surface area (Å²) in [6.45, 7) is 2.20. The minimum atomic E-state index is -3.66. The van der Waals surface area contributed by atoms with Crippen LogP contribution in [0.25, 0.3) is 0 Å². The minimum Gasteiger partial charge on any atom is -0.504 e. The van der Waals surface area contributed by atoms with Gasteiger partial charge in [0.05, 0.1) is 41.4 Å². The number of halogens is 2. The van der Waals surface area contributed by atoms with Gasteiger partial charge in [-0.1, -0.05) is 41.4 Å². The number of amides is 1. The molecule has 0 heterocycles. The summed E-state index contributed by atoms with van der Waals surface area (Å²) >= 11 is 12.3. The molecule has 3 rings (SSSR count). The van der Waals surface area contributed by atoms with Crippen molar-refractivity contribution >= 4 is 51.0 Å². The predicted molar refractivity (Wildman–Crippen MR) is 138 cm³/mol. The second-order valence-corrected chi connectivity index (χ2v) is 10.1. The van der Waals surface area contributed by atoms with E-state index in [9.17, 15) is 18.3 Å². The van der Waals surface area contributed by atoms with Crippen LogP contribution in [0.3, 0.4) is 0 Å². The van der Waals surface area contributed by atoms with Gasteiger partial charge in [-0.15, -0.1) is 0 Å². The predicted octanol–water partition coefficient (Wildman–Crippen LogP) is 4.83. The highest BCUT2D eigenvalue weighted by Gasteiger charge is 2.21. The maximum absolute atomic E-state index is 12.4. The third kappa shape index (κ3) is 6.88. The Kier molecular flexibility index (Phi) is 8.61. The lowest BCUT2D eigenvalue weighted by Crippen LogP contribution is -2.29. The molecule has 1 amide bonds. The lowest BCUT2D eigenvalue weighted by molar-refractivity contribution is 0.0955. The third-order valence-corrected chi connectivity index (χ3v) is 6.74. The molecule has 0 atom stereocenters. The zero-order valence-corrected chi connectivity index (χ0v) is 21.2. The average molecular weight is 536 g/mol. The van der Waals surface area contributed by atoms with Crippen molar-refractivity contribution in [1.29, 1.82) is 0 Å². The van der Waals surface area contributed by atoms with Gasteiger partial charge in [0, 0.05) is 5.56 Å². The average Bonchev–Trinajstić information content (AvgIpc) is 2.81. The monoisotopic (exact) mass is 535 g/mol. The Labute approximate surface area is 213 Å². The lowest BCUT2D eigenvalue weighted by atomic mass is 10.1. The molecule has 3 aromatic rings. The molecule has 0 unspecified atom stereocenters. The third-order valence-electron chi connectivity index (χ3n) is 4.81. The molecule has 0 fully saturated rings. The van der Waals surface area contributed by atoms with E-state index >= 15 is 0 Å². The van der Waals surface area contributed by atoms with Crippen LogP contribution in [0.4, 0.5) is 5.69 Å². The highest BCUT2D eigenvalue weighted by atomic mass is 35.5. The number of aromatic hydroxyl groups is 1. The molecule has 0 aliphatic heterocycles. The molecule has 11 heteroatoms. The second kappa shape index (κ2) is 11.4. The smallest absolute Gasteiger partial charge is 0.271 e. The van der Waals surface area contributed by atoms with Crippen molar-refractivity contribution < 1.29 is 23.1 Å². The molecule has 0 aromatic heterocycles. The molecule has 2 N–H and O–H groups in total. The number of hydrazone groups is 1.